The highest BCUT2D eigenvalue weighted by molar-refractivity contribution is 6.04. The lowest BCUT2D eigenvalue weighted by Gasteiger charge is -2.06. The van der Waals surface area contributed by atoms with Crippen LogP contribution in [0.25, 0.3) is 0 Å². The first-order valence-electron chi connectivity index (χ1n) is 4.96. The summed E-state index contributed by atoms with van der Waals surface area (Å²) in [6.45, 7) is 0. The Kier molecular flexibility index (Phi) is 3.27. The number of carbonyl (C=O) groups is 1. The van der Waals surface area contributed by atoms with Crippen LogP contribution in [0.2, 0.25) is 0 Å². The topological polar surface area (TPSA) is 42.0 Å². The van der Waals surface area contributed by atoms with Crippen LogP contribution in [0.5, 0.6) is 0 Å². The van der Waals surface area contributed by atoms with Crippen molar-refractivity contribution in [2.45, 2.75) is 0 Å². The number of nitrogens with one attached hydrogen (secondary N) is 1. The number of hydrogen-bond donors (Lipinski definition) is 1. The van der Waals surface area contributed by atoms with Gasteiger partial charge in [0, 0.05) is 0 Å². The molecule has 1 N–H and O–H groups in total. The number of aromatic nitrogens is 1. The molecule has 0 fully saturated rings. The molecule has 3 nitrogen and oxygen atoms in total. The van der Waals surface area contributed by atoms with Crippen molar-refractivity contribution in [2.24, 2.45) is 0 Å². The third kappa shape index (κ3) is 2.48. The summed E-state index contributed by atoms with van der Waals surface area (Å²) in [6, 6.07) is 6.75. The Bertz CT molecular complexity index is 581. The van der Waals surface area contributed by atoms with E-state index in [9.17, 15) is 18.0 Å². The second kappa shape index (κ2) is 4.87. The molecule has 0 atom stereocenters. The van der Waals surface area contributed by atoms with Gasteiger partial charge in [-0.1, -0.05) is 12.1 Å². The van der Waals surface area contributed by atoms with E-state index >= 15 is 0 Å². The lowest BCUT2D eigenvalue weighted by atomic mass is 10.2. The SMILES string of the molecule is O=C(Nc1cccc(F)n1)c1c(F)cccc1F. The maximum absolute atomic E-state index is 13.3. The number of carbonyl (C=O) groups excluding carboxylic acids is 1. The Morgan fingerprint density at radius 1 is 1.00 bits per heavy atom. The molecule has 18 heavy (non-hydrogen) atoms. The van der Waals surface area contributed by atoms with Crippen LogP contribution in [0.15, 0.2) is 36.4 Å². The highest BCUT2D eigenvalue weighted by Crippen LogP contribution is 2.14. The van der Waals surface area contributed by atoms with E-state index in [1.807, 2.05) is 0 Å². The van der Waals surface area contributed by atoms with E-state index < -0.39 is 29.1 Å². The molecule has 92 valence electrons. The molecule has 0 spiro atoms. The molecule has 1 aromatic heterocycles. The van der Waals surface area contributed by atoms with Crippen molar-refractivity contribution in [3.05, 3.63) is 59.5 Å². The number of benzene rings is 1. The summed E-state index contributed by atoms with van der Waals surface area (Å²) in [4.78, 5) is 15.0. The average molecular weight is 252 g/mol. The van der Waals surface area contributed by atoms with Crippen LogP contribution in [-0.2, 0) is 0 Å². The molecular formula is C12H7F3N2O. The van der Waals surface area contributed by atoms with Gasteiger partial charge in [-0.05, 0) is 24.3 Å². The monoisotopic (exact) mass is 252 g/mol. The number of hydrogen-bond acceptors (Lipinski definition) is 2. The quantitative estimate of drug-likeness (QED) is 0.835. The summed E-state index contributed by atoms with van der Waals surface area (Å²) in [5, 5.41) is 2.11. The lowest BCUT2D eigenvalue weighted by molar-refractivity contribution is 0.101. The van der Waals surface area contributed by atoms with E-state index in [4.69, 9.17) is 0 Å². The van der Waals surface area contributed by atoms with Crippen LogP contribution >= 0.6 is 0 Å². The van der Waals surface area contributed by atoms with Gasteiger partial charge in [0.2, 0.25) is 5.95 Å². The van der Waals surface area contributed by atoms with Crippen molar-refractivity contribution in [3.8, 4) is 0 Å². The van der Waals surface area contributed by atoms with Crippen LogP contribution in [0.4, 0.5) is 19.0 Å². The van der Waals surface area contributed by atoms with Gasteiger partial charge in [0.15, 0.2) is 0 Å². The van der Waals surface area contributed by atoms with Gasteiger partial charge in [-0.3, -0.25) is 4.79 Å². The fraction of sp³-hybridized carbons (Fsp3) is 0. The smallest absolute Gasteiger partial charge is 0.262 e. The molecule has 0 bridgehead atoms. The van der Waals surface area contributed by atoms with Crippen molar-refractivity contribution in [3.63, 3.8) is 0 Å². The summed E-state index contributed by atoms with van der Waals surface area (Å²) in [6.07, 6.45) is 0. The predicted octanol–water partition coefficient (Wildman–Crippen LogP) is 2.75. The van der Waals surface area contributed by atoms with E-state index in [-0.39, 0.29) is 5.82 Å². The number of amides is 1. The second-order valence-corrected chi connectivity index (χ2v) is 3.40. The zero-order valence-corrected chi connectivity index (χ0v) is 8.95. The van der Waals surface area contributed by atoms with Crippen molar-refractivity contribution in [1.29, 1.82) is 0 Å². The van der Waals surface area contributed by atoms with E-state index in [1.54, 1.807) is 0 Å². The summed E-state index contributed by atoms with van der Waals surface area (Å²) >= 11 is 0. The number of nitrogens with zero attached hydrogens (tertiary/aromatic N) is 1. The van der Waals surface area contributed by atoms with E-state index in [1.165, 1.54) is 12.1 Å². The van der Waals surface area contributed by atoms with Gasteiger partial charge in [-0.25, -0.2) is 13.8 Å². The standard InChI is InChI=1S/C12H7F3N2O/c13-7-3-1-4-8(14)11(7)12(18)17-10-6-2-5-9(15)16-10/h1-6H,(H,16,17,18). The molecule has 0 saturated heterocycles. The third-order valence-corrected chi connectivity index (χ3v) is 2.15. The highest BCUT2D eigenvalue weighted by Gasteiger charge is 2.17. The predicted molar refractivity (Wildman–Crippen MR) is 58.5 cm³/mol. The van der Waals surface area contributed by atoms with Gasteiger partial charge >= 0.3 is 0 Å². The third-order valence-electron chi connectivity index (χ3n) is 2.15. The first-order chi connectivity index (χ1) is 8.58. The fourth-order valence-corrected chi connectivity index (χ4v) is 1.37. The van der Waals surface area contributed by atoms with Gasteiger partial charge in [0.1, 0.15) is 23.0 Å². The summed E-state index contributed by atoms with van der Waals surface area (Å²) in [7, 11) is 0. The van der Waals surface area contributed by atoms with Crippen LogP contribution in [0.3, 0.4) is 0 Å². The molecule has 1 amide bonds. The maximum atomic E-state index is 13.3. The minimum absolute atomic E-state index is 0.123. The van der Waals surface area contributed by atoms with Gasteiger partial charge in [-0.15, -0.1) is 0 Å². The number of rotatable bonds is 2. The summed E-state index contributed by atoms with van der Waals surface area (Å²) < 4.78 is 39.3. The van der Waals surface area contributed by atoms with Crippen molar-refractivity contribution in [2.75, 3.05) is 5.32 Å². The van der Waals surface area contributed by atoms with Crippen LogP contribution in [0.1, 0.15) is 10.4 Å². The molecule has 0 aliphatic carbocycles. The fourth-order valence-electron chi connectivity index (χ4n) is 1.37. The molecule has 2 aromatic rings. The first kappa shape index (κ1) is 12.1. The molecule has 0 unspecified atom stereocenters. The Balaban J connectivity index is 2.28. The molecule has 2 rings (SSSR count). The molecule has 0 aliphatic heterocycles. The van der Waals surface area contributed by atoms with Crippen LogP contribution in [0, 0.1) is 17.6 Å². The van der Waals surface area contributed by atoms with Crippen molar-refractivity contribution in [1.82, 2.24) is 4.98 Å². The van der Waals surface area contributed by atoms with Crippen LogP contribution < -0.4 is 5.32 Å². The average Bonchev–Trinajstić information content (AvgIpc) is 2.28. The largest absolute Gasteiger partial charge is 0.306 e. The Hall–Kier alpha value is -2.37. The van der Waals surface area contributed by atoms with Gasteiger partial charge in [0.25, 0.3) is 5.91 Å². The summed E-state index contributed by atoms with van der Waals surface area (Å²) in [5.74, 6) is -3.94. The minimum Gasteiger partial charge on any atom is -0.306 e. The van der Waals surface area contributed by atoms with E-state index in [0.717, 1.165) is 24.3 Å². The van der Waals surface area contributed by atoms with Crippen molar-refractivity contribution < 1.29 is 18.0 Å². The Morgan fingerprint density at radius 3 is 2.22 bits per heavy atom. The van der Waals surface area contributed by atoms with E-state index in [2.05, 4.69) is 10.3 Å². The first-order valence-corrected chi connectivity index (χ1v) is 4.96. The van der Waals surface area contributed by atoms with Gasteiger partial charge < -0.3 is 5.32 Å². The number of halogens is 3. The van der Waals surface area contributed by atoms with Crippen LogP contribution in [-0.4, -0.2) is 10.9 Å². The summed E-state index contributed by atoms with van der Waals surface area (Å²) in [5.41, 5.74) is -0.733. The normalized spacial score (nSPS) is 10.2. The molecule has 1 heterocycles. The zero-order valence-electron chi connectivity index (χ0n) is 8.95. The molecule has 1 aromatic carbocycles. The number of anilines is 1. The molecule has 0 radical (unpaired) electrons. The van der Waals surface area contributed by atoms with Crippen molar-refractivity contribution >= 4 is 11.7 Å². The van der Waals surface area contributed by atoms with E-state index in [0.29, 0.717) is 0 Å². The Morgan fingerprint density at radius 2 is 1.61 bits per heavy atom. The zero-order chi connectivity index (χ0) is 13.1. The van der Waals surface area contributed by atoms with Gasteiger partial charge in [-0.2, -0.15) is 4.39 Å². The molecule has 0 aliphatic rings. The maximum Gasteiger partial charge on any atom is 0.262 e. The molecule has 6 heteroatoms. The lowest BCUT2D eigenvalue weighted by Crippen LogP contribution is -2.16. The van der Waals surface area contributed by atoms with Gasteiger partial charge in [0.05, 0.1) is 0 Å². The molecular weight excluding hydrogens is 245 g/mol. The number of pyridine rings is 1. The molecule has 0 saturated carbocycles. The second-order valence-electron chi connectivity index (χ2n) is 3.40. The Labute approximate surface area is 100 Å². The highest BCUT2D eigenvalue weighted by atomic mass is 19.1. The minimum atomic E-state index is -1.02.